The van der Waals surface area contributed by atoms with E-state index in [1.807, 2.05) is 0 Å². The molecule has 1 aliphatic carbocycles. The molecule has 0 radical (unpaired) electrons. The minimum absolute atomic E-state index is 0.783. The summed E-state index contributed by atoms with van der Waals surface area (Å²) in [6, 6.07) is 0.783. The predicted molar refractivity (Wildman–Crippen MR) is 62.1 cm³/mol. The number of nitrogens with zero attached hydrogens (tertiary/aromatic N) is 1. The summed E-state index contributed by atoms with van der Waals surface area (Å²) < 4.78 is 5.33. The summed E-state index contributed by atoms with van der Waals surface area (Å²) >= 11 is 0. The standard InChI is InChI=1S/C12H24N2O/c1-11-3-2-4-12(11)13-5-6-14-7-9-15-10-8-14/h11-13H,2-10H2,1H3. The molecule has 2 atom stereocenters. The molecule has 2 aliphatic rings. The van der Waals surface area contributed by atoms with E-state index in [-0.39, 0.29) is 0 Å². The number of hydrogen-bond donors (Lipinski definition) is 1. The van der Waals surface area contributed by atoms with E-state index >= 15 is 0 Å². The van der Waals surface area contributed by atoms with E-state index in [1.165, 1.54) is 25.8 Å². The molecule has 3 heteroatoms. The van der Waals surface area contributed by atoms with Crippen molar-refractivity contribution in [2.75, 3.05) is 39.4 Å². The van der Waals surface area contributed by atoms with E-state index in [1.54, 1.807) is 0 Å². The van der Waals surface area contributed by atoms with Gasteiger partial charge in [-0.1, -0.05) is 13.3 Å². The van der Waals surface area contributed by atoms with Gasteiger partial charge in [-0.3, -0.25) is 4.90 Å². The molecule has 0 aromatic heterocycles. The molecule has 2 fully saturated rings. The van der Waals surface area contributed by atoms with Gasteiger partial charge in [0.1, 0.15) is 0 Å². The molecule has 0 aromatic carbocycles. The van der Waals surface area contributed by atoms with Gasteiger partial charge >= 0.3 is 0 Å². The van der Waals surface area contributed by atoms with Crippen LogP contribution in [0.15, 0.2) is 0 Å². The minimum atomic E-state index is 0.783. The Morgan fingerprint density at radius 1 is 1.27 bits per heavy atom. The molecule has 0 aromatic rings. The van der Waals surface area contributed by atoms with Crippen LogP contribution in [0.5, 0.6) is 0 Å². The Hall–Kier alpha value is -0.120. The largest absolute Gasteiger partial charge is 0.379 e. The summed E-state index contributed by atoms with van der Waals surface area (Å²) in [7, 11) is 0. The zero-order valence-electron chi connectivity index (χ0n) is 9.87. The van der Waals surface area contributed by atoms with Gasteiger partial charge in [0.2, 0.25) is 0 Å². The predicted octanol–water partition coefficient (Wildman–Crippen LogP) is 1.10. The van der Waals surface area contributed by atoms with Crippen molar-refractivity contribution in [2.24, 2.45) is 5.92 Å². The van der Waals surface area contributed by atoms with E-state index in [0.717, 1.165) is 44.8 Å². The minimum Gasteiger partial charge on any atom is -0.379 e. The molecule has 1 saturated heterocycles. The van der Waals surface area contributed by atoms with Crippen LogP contribution < -0.4 is 5.32 Å². The number of ether oxygens (including phenoxy) is 1. The summed E-state index contributed by atoms with van der Waals surface area (Å²) in [6.07, 6.45) is 4.20. The average molecular weight is 212 g/mol. The molecule has 1 N–H and O–H groups in total. The Morgan fingerprint density at radius 3 is 2.73 bits per heavy atom. The van der Waals surface area contributed by atoms with Crippen molar-refractivity contribution in [3.05, 3.63) is 0 Å². The van der Waals surface area contributed by atoms with E-state index in [0.29, 0.717) is 0 Å². The highest BCUT2D eigenvalue weighted by Crippen LogP contribution is 2.24. The molecule has 1 aliphatic heterocycles. The van der Waals surface area contributed by atoms with Crippen molar-refractivity contribution in [3.8, 4) is 0 Å². The van der Waals surface area contributed by atoms with Crippen molar-refractivity contribution in [1.82, 2.24) is 10.2 Å². The summed E-state index contributed by atoms with van der Waals surface area (Å²) in [6.45, 7) is 8.77. The van der Waals surface area contributed by atoms with E-state index in [4.69, 9.17) is 4.74 Å². The second kappa shape index (κ2) is 5.83. The SMILES string of the molecule is CC1CCCC1NCCN1CCOCC1. The molecule has 1 heterocycles. The fourth-order valence-electron chi connectivity index (χ4n) is 2.68. The van der Waals surface area contributed by atoms with Crippen molar-refractivity contribution in [3.63, 3.8) is 0 Å². The first-order valence-electron chi connectivity index (χ1n) is 6.40. The summed E-state index contributed by atoms with van der Waals surface area (Å²) in [5.74, 6) is 0.884. The zero-order valence-corrected chi connectivity index (χ0v) is 9.87. The highest BCUT2D eigenvalue weighted by atomic mass is 16.5. The van der Waals surface area contributed by atoms with E-state index in [9.17, 15) is 0 Å². The first-order chi connectivity index (χ1) is 7.36. The van der Waals surface area contributed by atoms with Crippen molar-refractivity contribution in [1.29, 1.82) is 0 Å². The topological polar surface area (TPSA) is 24.5 Å². The molecule has 0 spiro atoms. The lowest BCUT2D eigenvalue weighted by atomic mass is 10.1. The van der Waals surface area contributed by atoms with Crippen LogP contribution in [0.25, 0.3) is 0 Å². The maximum absolute atomic E-state index is 5.33. The third kappa shape index (κ3) is 3.44. The summed E-state index contributed by atoms with van der Waals surface area (Å²) in [5, 5.41) is 3.70. The lowest BCUT2D eigenvalue weighted by Gasteiger charge is -2.27. The lowest BCUT2D eigenvalue weighted by Crippen LogP contribution is -2.42. The normalized spacial score (nSPS) is 33.4. The van der Waals surface area contributed by atoms with Crippen LogP contribution in [0.2, 0.25) is 0 Å². The van der Waals surface area contributed by atoms with E-state index < -0.39 is 0 Å². The van der Waals surface area contributed by atoms with E-state index in [2.05, 4.69) is 17.1 Å². The van der Waals surface area contributed by atoms with Crippen molar-refractivity contribution in [2.45, 2.75) is 32.2 Å². The highest BCUT2D eigenvalue weighted by molar-refractivity contribution is 4.80. The van der Waals surface area contributed by atoms with Crippen molar-refractivity contribution < 1.29 is 4.74 Å². The quantitative estimate of drug-likeness (QED) is 0.755. The fourth-order valence-corrected chi connectivity index (χ4v) is 2.68. The zero-order chi connectivity index (χ0) is 10.5. The number of morpholine rings is 1. The van der Waals surface area contributed by atoms with Gasteiger partial charge < -0.3 is 10.1 Å². The van der Waals surface area contributed by atoms with Crippen LogP contribution >= 0.6 is 0 Å². The first kappa shape index (κ1) is 11.4. The van der Waals surface area contributed by atoms with Crippen LogP contribution in [-0.4, -0.2) is 50.3 Å². The Morgan fingerprint density at radius 2 is 2.07 bits per heavy atom. The molecule has 2 unspecified atom stereocenters. The van der Waals surface area contributed by atoms with Gasteiger partial charge in [-0.15, -0.1) is 0 Å². The molecule has 88 valence electrons. The fraction of sp³-hybridized carbons (Fsp3) is 1.00. The van der Waals surface area contributed by atoms with Crippen LogP contribution in [-0.2, 0) is 4.74 Å². The second-order valence-corrected chi connectivity index (χ2v) is 4.92. The number of hydrogen-bond acceptors (Lipinski definition) is 3. The monoisotopic (exact) mass is 212 g/mol. The number of rotatable bonds is 4. The van der Waals surface area contributed by atoms with Crippen LogP contribution in [0, 0.1) is 5.92 Å². The third-order valence-electron chi connectivity index (χ3n) is 3.80. The molecular weight excluding hydrogens is 188 g/mol. The Labute approximate surface area is 93.2 Å². The maximum Gasteiger partial charge on any atom is 0.0594 e. The van der Waals surface area contributed by atoms with Crippen LogP contribution in [0.4, 0.5) is 0 Å². The molecular formula is C12H24N2O. The Kier molecular flexibility index (Phi) is 4.42. The summed E-state index contributed by atoms with van der Waals surface area (Å²) in [4.78, 5) is 2.50. The van der Waals surface area contributed by atoms with Crippen molar-refractivity contribution >= 4 is 0 Å². The molecule has 1 saturated carbocycles. The van der Waals surface area contributed by atoms with Gasteiger partial charge in [0.05, 0.1) is 13.2 Å². The second-order valence-electron chi connectivity index (χ2n) is 4.92. The van der Waals surface area contributed by atoms with Gasteiger partial charge in [-0.05, 0) is 18.8 Å². The highest BCUT2D eigenvalue weighted by Gasteiger charge is 2.22. The molecule has 2 rings (SSSR count). The van der Waals surface area contributed by atoms with Gasteiger partial charge in [0.15, 0.2) is 0 Å². The smallest absolute Gasteiger partial charge is 0.0594 e. The van der Waals surface area contributed by atoms with Crippen LogP contribution in [0.3, 0.4) is 0 Å². The van der Waals surface area contributed by atoms with Crippen LogP contribution in [0.1, 0.15) is 26.2 Å². The number of nitrogens with one attached hydrogen (secondary N) is 1. The first-order valence-corrected chi connectivity index (χ1v) is 6.40. The lowest BCUT2D eigenvalue weighted by molar-refractivity contribution is 0.0380. The Bertz CT molecular complexity index is 180. The van der Waals surface area contributed by atoms with Gasteiger partial charge in [0, 0.05) is 32.2 Å². The van der Waals surface area contributed by atoms with Gasteiger partial charge in [-0.2, -0.15) is 0 Å². The summed E-state index contributed by atoms with van der Waals surface area (Å²) in [5.41, 5.74) is 0. The maximum atomic E-state index is 5.33. The molecule has 0 amide bonds. The molecule has 0 bridgehead atoms. The third-order valence-corrected chi connectivity index (χ3v) is 3.80. The molecule has 15 heavy (non-hydrogen) atoms. The molecule has 3 nitrogen and oxygen atoms in total. The van der Waals surface area contributed by atoms with Gasteiger partial charge in [0.25, 0.3) is 0 Å². The average Bonchev–Trinajstić information content (AvgIpc) is 2.66. The van der Waals surface area contributed by atoms with Gasteiger partial charge in [-0.25, -0.2) is 0 Å². The Balaban J connectivity index is 1.57.